The first-order chi connectivity index (χ1) is 10.6. The summed E-state index contributed by atoms with van der Waals surface area (Å²) in [5.41, 5.74) is 8.70. The van der Waals surface area contributed by atoms with E-state index in [1.165, 1.54) is 12.1 Å². The highest BCUT2D eigenvalue weighted by atomic mass is 19.2. The van der Waals surface area contributed by atoms with E-state index in [0.29, 0.717) is 6.42 Å². The Kier molecular flexibility index (Phi) is 5.90. The molecule has 0 aromatic heterocycles. The van der Waals surface area contributed by atoms with Gasteiger partial charge in [-0.1, -0.05) is 24.3 Å². The Morgan fingerprint density at radius 2 is 1.86 bits per heavy atom. The second-order valence-corrected chi connectivity index (χ2v) is 5.61. The number of hydrogen-bond donors (Lipinski definition) is 2. The molecule has 0 saturated carbocycles. The molecule has 2 aromatic carbocycles. The van der Waals surface area contributed by atoms with Gasteiger partial charge in [-0.3, -0.25) is 0 Å². The summed E-state index contributed by atoms with van der Waals surface area (Å²) in [7, 11) is 0. The van der Waals surface area contributed by atoms with E-state index in [-0.39, 0.29) is 6.04 Å². The fraction of sp³-hybridized carbons (Fsp3) is 0.333. The van der Waals surface area contributed by atoms with Gasteiger partial charge < -0.3 is 11.1 Å². The molecule has 3 N–H and O–H groups in total. The maximum atomic E-state index is 13.2. The molecule has 1 unspecified atom stereocenters. The van der Waals surface area contributed by atoms with Gasteiger partial charge in [0.05, 0.1) is 0 Å². The van der Waals surface area contributed by atoms with Crippen molar-refractivity contribution in [1.82, 2.24) is 5.32 Å². The average molecular weight is 304 g/mol. The van der Waals surface area contributed by atoms with Crippen molar-refractivity contribution in [3.8, 4) is 0 Å². The molecular weight excluding hydrogens is 282 g/mol. The number of hydrogen-bond acceptors (Lipinski definition) is 2. The normalized spacial score (nSPS) is 12.3. The Bertz CT molecular complexity index is 614. The van der Waals surface area contributed by atoms with Crippen LogP contribution in [0.5, 0.6) is 0 Å². The molecule has 0 aliphatic heterocycles. The molecule has 22 heavy (non-hydrogen) atoms. The van der Waals surface area contributed by atoms with Crippen LogP contribution in [0.15, 0.2) is 42.5 Å². The van der Waals surface area contributed by atoms with Crippen LogP contribution in [0.25, 0.3) is 0 Å². The number of para-hydroxylation sites is 1. The van der Waals surface area contributed by atoms with Crippen molar-refractivity contribution >= 4 is 5.69 Å². The molecular formula is C18H22F2N2. The average Bonchev–Trinajstić information content (AvgIpc) is 2.49. The zero-order valence-corrected chi connectivity index (χ0v) is 12.8. The highest BCUT2D eigenvalue weighted by Gasteiger charge is 2.07. The van der Waals surface area contributed by atoms with E-state index in [1.807, 2.05) is 31.2 Å². The molecule has 0 saturated heterocycles. The van der Waals surface area contributed by atoms with Crippen molar-refractivity contribution in [3.05, 3.63) is 65.2 Å². The van der Waals surface area contributed by atoms with Crippen LogP contribution >= 0.6 is 0 Å². The van der Waals surface area contributed by atoms with Crippen LogP contribution in [0.2, 0.25) is 0 Å². The lowest BCUT2D eigenvalue weighted by Crippen LogP contribution is -2.29. The van der Waals surface area contributed by atoms with Gasteiger partial charge in [-0.25, -0.2) is 8.78 Å². The van der Waals surface area contributed by atoms with Gasteiger partial charge in [0, 0.05) is 11.7 Å². The quantitative estimate of drug-likeness (QED) is 0.604. The minimum Gasteiger partial charge on any atom is -0.399 e. The van der Waals surface area contributed by atoms with Crippen LogP contribution in [0, 0.1) is 11.6 Å². The second-order valence-electron chi connectivity index (χ2n) is 5.61. The van der Waals surface area contributed by atoms with E-state index in [1.54, 1.807) is 6.07 Å². The van der Waals surface area contributed by atoms with E-state index < -0.39 is 11.6 Å². The monoisotopic (exact) mass is 304 g/mol. The number of nitrogens with one attached hydrogen (secondary N) is 1. The molecule has 4 heteroatoms. The lowest BCUT2D eigenvalue weighted by molar-refractivity contribution is 0.501. The number of anilines is 1. The van der Waals surface area contributed by atoms with Gasteiger partial charge in [0.25, 0.3) is 0 Å². The number of rotatable bonds is 7. The first kappa shape index (κ1) is 16.4. The van der Waals surface area contributed by atoms with Crippen LogP contribution in [0.1, 0.15) is 24.5 Å². The summed E-state index contributed by atoms with van der Waals surface area (Å²) in [6, 6.07) is 12.1. The van der Waals surface area contributed by atoms with Crippen molar-refractivity contribution in [2.45, 2.75) is 32.2 Å². The third-order valence-corrected chi connectivity index (χ3v) is 3.70. The van der Waals surface area contributed by atoms with Crippen molar-refractivity contribution < 1.29 is 8.78 Å². The summed E-state index contributed by atoms with van der Waals surface area (Å²) in [6.45, 7) is 2.90. The fourth-order valence-electron chi connectivity index (χ4n) is 2.48. The van der Waals surface area contributed by atoms with Crippen molar-refractivity contribution in [2.75, 3.05) is 12.3 Å². The molecule has 2 aromatic rings. The highest BCUT2D eigenvalue weighted by Crippen LogP contribution is 2.13. The molecule has 1 atom stereocenters. The predicted molar refractivity (Wildman–Crippen MR) is 86.7 cm³/mol. The molecule has 118 valence electrons. The molecule has 0 aliphatic carbocycles. The largest absolute Gasteiger partial charge is 0.399 e. The molecule has 0 spiro atoms. The minimum atomic E-state index is -0.801. The molecule has 0 radical (unpaired) electrons. The van der Waals surface area contributed by atoms with Crippen molar-refractivity contribution in [3.63, 3.8) is 0 Å². The Balaban J connectivity index is 1.72. The first-order valence-electron chi connectivity index (χ1n) is 7.57. The van der Waals surface area contributed by atoms with Gasteiger partial charge in [0.1, 0.15) is 0 Å². The highest BCUT2D eigenvalue weighted by molar-refractivity contribution is 5.46. The van der Waals surface area contributed by atoms with Crippen molar-refractivity contribution in [2.24, 2.45) is 0 Å². The van der Waals surface area contributed by atoms with Gasteiger partial charge in [-0.15, -0.1) is 0 Å². The summed E-state index contributed by atoms with van der Waals surface area (Å²) in [5.74, 6) is -1.59. The maximum absolute atomic E-state index is 13.2. The maximum Gasteiger partial charge on any atom is 0.159 e. The zero-order valence-electron chi connectivity index (χ0n) is 12.8. The Labute approximate surface area is 130 Å². The van der Waals surface area contributed by atoms with Gasteiger partial charge in [0.15, 0.2) is 11.6 Å². The SMILES string of the molecule is CC(Cc1ccc(F)c(F)c1)NCCCc1ccccc1N. The molecule has 0 fully saturated rings. The van der Waals surface area contributed by atoms with E-state index in [9.17, 15) is 8.78 Å². The van der Waals surface area contributed by atoms with E-state index >= 15 is 0 Å². The molecule has 0 heterocycles. The lowest BCUT2D eigenvalue weighted by Gasteiger charge is -2.14. The van der Waals surface area contributed by atoms with Gasteiger partial charge in [-0.2, -0.15) is 0 Å². The van der Waals surface area contributed by atoms with Crippen molar-refractivity contribution in [1.29, 1.82) is 0 Å². The topological polar surface area (TPSA) is 38.0 Å². The Morgan fingerprint density at radius 1 is 1.09 bits per heavy atom. The van der Waals surface area contributed by atoms with Crippen LogP contribution in [0.3, 0.4) is 0 Å². The van der Waals surface area contributed by atoms with Gasteiger partial charge in [0.2, 0.25) is 0 Å². The second kappa shape index (κ2) is 7.90. The third kappa shape index (κ3) is 4.81. The number of nitrogens with two attached hydrogens (primary N) is 1. The number of nitrogen functional groups attached to an aromatic ring is 1. The Morgan fingerprint density at radius 3 is 2.59 bits per heavy atom. The number of aryl methyl sites for hydroxylation is 1. The number of halogens is 2. The van der Waals surface area contributed by atoms with E-state index in [0.717, 1.165) is 36.2 Å². The van der Waals surface area contributed by atoms with Crippen LogP contribution in [0.4, 0.5) is 14.5 Å². The molecule has 2 rings (SSSR count). The molecule has 0 aliphatic rings. The standard InChI is InChI=1S/C18H22F2N2/c1-13(11-14-8-9-16(19)17(20)12-14)22-10-4-6-15-5-2-3-7-18(15)21/h2-3,5,7-9,12-13,22H,4,6,10-11,21H2,1H3. The van der Waals surface area contributed by atoms with Gasteiger partial charge >= 0.3 is 0 Å². The molecule has 0 amide bonds. The summed E-state index contributed by atoms with van der Waals surface area (Å²) in [6.07, 6.45) is 2.58. The zero-order chi connectivity index (χ0) is 15.9. The Hall–Kier alpha value is -1.94. The number of benzene rings is 2. The van der Waals surface area contributed by atoms with E-state index in [2.05, 4.69) is 5.32 Å². The van der Waals surface area contributed by atoms with Crippen LogP contribution in [-0.4, -0.2) is 12.6 Å². The van der Waals surface area contributed by atoms with Crippen LogP contribution in [-0.2, 0) is 12.8 Å². The smallest absolute Gasteiger partial charge is 0.159 e. The summed E-state index contributed by atoms with van der Waals surface area (Å²) in [5, 5.41) is 3.40. The van der Waals surface area contributed by atoms with E-state index in [4.69, 9.17) is 5.73 Å². The van der Waals surface area contributed by atoms with Crippen LogP contribution < -0.4 is 11.1 Å². The minimum absolute atomic E-state index is 0.206. The summed E-state index contributed by atoms with van der Waals surface area (Å²) < 4.78 is 26.0. The molecule has 2 nitrogen and oxygen atoms in total. The fourth-order valence-corrected chi connectivity index (χ4v) is 2.48. The predicted octanol–water partition coefficient (Wildman–Crippen LogP) is 3.70. The summed E-state index contributed by atoms with van der Waals surface area (Å²) >= 11 is 0. The third-order valence-electron chi connectivity index (χ3n) is 3.70. The molecule has 0 bridgehead atoms. The lowest BCUT2D eigenvalue weighted by atomic mass is 10.1. The van der Waals surface area contributed by atoms with Gasteiger partial charge in [-0.05, 0) is 62.1 Å². The summed E-state index contributed by atoms with van der Waals surface area (Å²) in [4.78, 5) is 0. The first-order valence-corrected chi connectivity index (χ1v) is 7.57.